The number of benzene rings is 1. The molecule has 38 heavy (non-hydrogen) atoms. The third kappa shape index (κ3) is 5.05. The molecule has 3 aromatic rings. The molecule has 4 N–H and O–H groups in total. The van der Waals surface area contributed by atoms with Crippen LogP contribution in [0.25, 0.3) is 11.2 Å². The summed E-state index contributed by atoms with van der Waals surface area (Å²) in [5.41, 5.74) is 10.6. The monoisotopic (exact) mass is 521 g/mol. The molecule has 1 aliphatic heterocycles. The number of nitrogens with two attached hydrogens (primary N) is 2. The Kier molecular flexibility index (Phi) is 7.68. The maximum atomic E-state index is 13.7. The molecule has 12 heteroatoms. The van der Waals surface area contributed by atoms with Crippen molar-refractivity contribution < 1.29 is 14.3 Å². The predicted molar refractivity (Wildman–Crippen MR) is 142 cm³/mol. The number of carbonyl (C=O) groups excluding carboxylic acids is 2. The summed E-state index contributed by atoms with van der Waals surface area (Å²) in [7, 11) is 1.51. The zero-order chi connectivity index (χ0) is 27.6. The van der Waals surface area contributed by atoms with Crippen molar-refractivity contribution >= 4 is 28.8 Å². The zero-order valence-electron chi connectivity index (χ0n) is 21.6. The van der Waals surface area contributed by atoms with E-state index in [-0.39, 0.29) is 35.1 Å². The van der Waals surface area contributed by atoms with Gasteiger partial charge in [-0.2, -0.15) is 4.98 Å². The number of rotatable bonds is 8. The molecule has 1 saturated heterocycles. The molecule has 2 aromatic heterocycles. The van der Waals surface area contributed by atoms with E-state index in [4.69, 9.17) is 16.2 Å². The molecule has 1 aliphatic rings. The van der Waals surface area contributed by atoms with Gasteiger partial charge in [-0.15, -0.1) is 5.92 Å². The molecule has 0 radical (unpaired) electrons. The Labute approximate surface area is 218 Å². The van der Waals surface area contributed by atoms with Gasteiger partial charge in [0.15, 0.2) is 23.1 Å². The van der Waals surface area contributed by atoms with E-state index in [0.29, 0.717) is 19.0 Å². The summed E-state index contributed by atoms with van der Waals surface area (Å²) < 4.78 is 9.36. The van der Waals surface area contributed by atoms with Crippen LogP contribution in [0.15, 0.2) is 33.9 Å². The number of anilines is 1. The van der Waals surface area contributed by atoms with Gasteiger partial charge in [0.05, 0.1) is 18.7 Å². The molecule has 0 spiro atoms. The van der Waals surface area contributed by atoms with E-state index < -0.39 is 35.6 Å². The van der Waals surface area contributed by atoms with Crippen molar-refractivity contribution in [3.63, 3.8) is 0 Å². The van der Waals surface area contributed by atoms with Crippen molar-refractivity contribution in [3.8, 4) is 17.6 Å². The van der Waals surface area contributed by atoms with Crippen molar-refractivity contribution in [2.75, 3.05) is 18.0 Å². The molecule has 2 unspecified atom stereocenters. The van der Waals surface area contributed by atoms with Crippen LogP contribution in [0.1, 0.15) is 37.0 Å². The second-order valence-corrected chi connectivity index (χ2v) is 9.26. The Morgan fingerprint density at radius 2 is 1.97 bits per heavy atom. The van der Waals surface area contributed by atoms with Gasteiger partial charge in [-0.3, -0.25) is 28.1 Å². The topological polar surface area (TPSA) is 160 Å². The van der Waals surface area contributed by atoms with Gasteiger partial charge >= 0.3 is 5.69 Å². The molecule has 200 valence electrons. The smallest absolute Gasteiger partial charge is 0.332 e. The molecule has 1 amide bonds. The SMILES string of the molecule is CC#CCn1c(N2CCCC(N)C2)nc2c1c(=O)n(CC(=O)c1ccccc1OC(C)C(N)=O)c(=O)n2C. The Morgan fingerprint density at radius 1 is 1.24 bits per heavy atom. The number of aryl methyl sites for hydroxylation is 1. The van der Waals surface area contributed by atoms with Crippen LogP contribution in [0.2, 0.25) is 0 Å². The van der Waals surface area contributed by atoms with E-state index >= 15 is 0 Å². The fourth-order valence-corrected chi connectivity index (χ4v) is 4.52. The maximum Gasteiger partial charge on any atom is 0.332 e. The zero-order valence-corrected chi connectivity index (χ0v) is 21.6. The highest BCUT2D eigenvalue weighted by molar-refractivity contribution is 5.98. The van der Waals surface area contributed by atoms with E-state index in [1.165, 1.54) is 30.7 Å². The summed E-state index contributed by atoms with van der Waals surface area (Å²) in [4.78, 5) is 58.4. The number of amides is 1. The first-order chi connectivity index (χ1) is 18.1. The largest absolute Gasteiger partial charge is 0.480 e. The number of nitrogens with zero attached hydrogens (tertiary/aromatic N) is 5. The van der Waals surface area contributed by atoms with Gasteiger partial charge < -0.3 is 21.1 Å². The van der Waals surface area contributed by atoms with Crippen LogP contribution in [-0.4, -0.2) is 55.6 Å². The summed E-state index contributed by atoms with van der Waals surface area (Å²) in [5.74, 6) is 5.20. The summed E-state index contributed by atoms with van der Waals surface area (Å²) in [6, 6.07) is 6.24. The highest BCUT2D eigenvalue weighted by atomic mass is 16.5. The van der Waals surface area contributed by atoms with Gasteiger partial charge in [-0.25, -0.2) is 4.79 Å². The number of primary amides is 1. The third-order valence-corrected chi connectivity index (χ3v) is 6.56. The van der Waals surface area contributed by atoms with Crippen LogP contribution in [-0.2, 0) is 24.9 Å². The van der Waals surface area contributed by atoms with Crippen LogP contribution >= 0.6 is 0 Å². The minimum absolute atomic E-state index is 0.0352. The molecule has 0 saturated carbocycles. The minimum atomic E-state index is -0.980. The summed E-state index contributed by atoms with van der Waals surface area (Å²) in [6.45, 7) is 4.06. The van der Waals surface area contributed by atoms with E-state index in [0.717, 1.165) is 17.4 Å². The minimum Gasteiger partial charge on any atom is -0.480 e. The highest BCUT2D eigenvalue weighted by Crippen LogP contribution is 2.23. The Balaban J connectivity index is 1.81. The highest BCUT2D eigenvalue weighted by Gasteiger charge is 2.27. The average molecular weight is 522 g/mol. The molecule has 3 heterocycles. The fraction of sp³-hybridized carbons (Fsp3) is 0.423. The number of piperidine rings is 1. The quantitative estimate of drug-likeness (QED) is 0.309. The lowest BCUT2D eigenvalue weighted by molar-refractivity contribution is -0.124. The van der Waals surface area contributed by atoms with Crippen molar-refractivity contribution in [2.24, 2.45) is 18.5 Å². The van der Waals surface area contributed by atoms with Crippen LogP contribution in [0.3, 0.4) is 0 Å². The first-order valence-corrected chi connectivity index (χ1v) is 12.3. The number of ether oxygens (including phenoxy) is 1. The van der Waals surface area contributed by atoms with Gasteiger partial charge in [0.1, 0.15) is 5.75 Å². The molecule has 1 aromatic carbocycles. The molecule has 0 bridgehead atoms. The van der Waals surface area contributed by atoms with Crippen molar-refractivity contribution in [3.05, 3.63) is 50.7 Å². The van der Waals surface area contributed by atoms with Crippen LogP contribution in [0.5, 0.6) is 5.75 Å². The lowest BCUT2D eigenvalue weighted by Crippen LogP contribution is -2.44. The average Bonchev–Trinajstić information content (AvgIpc) is 3.28. The number of ketones is 1. The molecule has 2 atom stereocenters. The number of carbonyl (C=O) groups is 2. The summed E-state index contributed by atoms with van der Waals surface area (Å²) >= 11 is 0. The van der Waals surface area contributed by atoms with Crippen LogP contribution in [0, 0.1) is 11.8 Å². The van der Waals surface area contributed by atoms with Gasteiger partial charge in [-0.1, -0.05) is 18.1 Å². The predicted octanol–water partition coefficient (Wildman–Crippen LogP) is -0.0170. The molecule has 1 fully saturated rings. The molecule has 0 aliphatic carbocycles. The van der Waals surface area contributed by atoms with Gasteiger partial charge in [0.25, 0.3) is 11.5 Å². The second-order valence-electron chi connectivity index (χ2n) is 9.26. The first-order valence-electron chi connectivity index (χ1n) is 12.3. The Hall–Kier alpha value is -4.37. The number of hydrogen-bond acceptors (Lipinski definition) is 8. The summed E-state index contributed by atoms with van der Waals surface area (Å²) in [5, 5.41) is 0. The van der Waals surface area contributed by atoms with E-state index in [1.807, 2.05) is 4.90 Å². The van der Waals surface area contributed by atoms with Crippen LogP contribution in [0.4, 0.5) is 5.95 Å². The molecular formula is C26H31N7O5. The van der Waals surface area contributed by atoms with Crippen molar-refractivity contribution in [1.29, 1.82) is 0 Å². The van der Waals surface area contributed by atoms with Gasteiger partial charge in [-0.05, 0) is 38.8 Å². The second kappa shape index (κ2) is 10.9. The van der Waals surface area contributed by atoms with E-state index in [2.05, 4.69) is 16.8 Å². The van der Waals surface area contributed by atoms with Gasteiger partial charge in [0.2, 0.25) is 5.95 Å². The lowest BCUT2D eigenvalue weighted by Gasteiger charge is -2.31. The number of para-hydroxylation sites is 1. The third-order valence-electron chi connectivity index (χ3n) is 6.56. The maximum absolute atomic E-state index is 13.7. The number of fused-ring (bicyclic) bond motifs is 1. The standard InChI is InChI=1S/C26H31N7O5/c1-4-5-13-32-21-23(29-25(32)31-12-8-9-17(27)14-31)30(3)26(37)33(24(21)36)15-19(34)18-10-6-7-11-20(18)38-16(2)22(28)35/h6-7,10-11,16-17H,8-9,12-15,27H2,1-3H3,(H2,28,35). The van der Waals surface area contributed by atoms with E-state index in [9.17, 15) is 19.2 Å². The molecular weight excluding hydrogens is 490 g/mol. The first kappa shape index (κ1) is 26.7. The number of hydrogen-bond donors (Lipinski definition) is 2. The normalized spacial score (nSPS) is 16.1. The number of aromatic nitrogens is 4. The number of Topliss-reactive ketones (excluding diaryl/α,β-unsaturated/α-hetero) is 1. The number of imidazole rings is 1. The van der Waals surface area contributed by atoms with Crippen molar-refractivity contribution in [2.45, 2.75) is 51.9 Å². The Bertz CT molecular complexity index is 1570. The van der Waals surface area contributed by atoms with Crippen molar-refractivity contribution in [1.82, 2.24) is 18.7 Å². The Morgan fingerprint density at radius 3 is 2.66 bits per heavy atom. The van der Waals surface area contributed by atoms with Crippen LogP contribution < -0.4 is 32.4 Å². The lowest BCUT2D eigenvalue weighted by atomic mass is 10.1. The van der Waals surface area contributed by atoms with E-state index in [1.54, 1.807) is 23.6 Å². The fourth-order valence-electron chi connectivity index (χ4n) is 4.52. The molecule has 4 rings (SSSR count). The molecule has 12 nitrogen and oxygen atoms in total. The summed E-state index contributed by atoms with van der Waals surface area (Å²) in [6.07, 6.45) is 0.783. The van der Waals surface area contributed by atoms with Gasteiger partial charge in [0, 0.05) is 26.2 Å².